The average molecular weight is 344 g/mol. The molecule has 1 aliphatic rings. The topological polar surface area (TPSA) is 66.5 Å². The maximum Gasteiger partial charge on any atom is 0.262 e. The standard InChI is InChI=1S/C21H16N2O3/c1-13(23-20(25)17-8-4-5-9-18(17)21(23)26)19(24)22-16-11-10-14-6-2-3-7-15(14)12-16/h2-13H,1H3,(H,22,24)/t13-/m1/s1. The number of carbonyl (C=O) groups excluding carboxylic acids is 3. The number of rotatable bonds is 3. The summed E-state index contributed by atoms with van der Waals surface area (Å²) < 4.78 is 0. The molecule has 128 valence electrons. The average Bonchev–Trinajstić information content (AvgIpc) is 2.92. The van der Waals surface area contributed by atoms with Crippen molar-refractivity contribution in [3.05, 3.63) is 77.9 Å². The van der Waals surface area contributed by atoms with Crippen LogP contribution in [0.15, 0.2) is 66.7 Å². The van der Waals surface area contributed by atoms with Gasteiger partial charge in [-0.25, -0.2) is 0 Å². The van der Waals surface area contributed by atoms with E-state index in [0.717, 1.165) is 15.7 Å². The molecule has 0 aromatic heterocycles. The molecule has 1 atom stereocenters. The summed E-state index contributed by atoms with van der Waals surface area (Å²) in [4.78, 5) is 38.6. The van der Waals surface area contributed by atoms with Crippen LogP contribution in [0.5, 0.6) is 0 Å². The largest absolute Gasteiger partial charge is 0.324 e. The number of anilines is 1. The van der Waals surface area contributed by atoms with Crippen LogP contribution >= 0.6 is 0 Å². The second kappa shape index (κ2) is 6.11. The molecule has 3 aromatic carbocycles. The van der Waals surface area contributed by atoms with E-state index in [2.05, 4.69) is 5.32 Å². The molecule has 1 N–H and O–H groups in total. The van der Waals surface area contributed by atoms with Crippen molar-refractivity contribution in [1.82, 2.24) is 4.90 Å². The van der Waals surface area contributed by atoms with E-state index in [1.54, 1.807) is 37.3 Å². The second-order valence-electron chi connectivity index (χ2n) is 6.25. The lowest BCUT2D eigenvalue weighted by Gasteiger charge is -2.21. The van der Waals surface area contributed by atoms with Gasteiger partial charge in [0.25, 0.3) is 11.8 Å². The van der Waals surface area contributed by atoms with E-state index in [1.807, 2.05) is 36.4 Å². The molecule has 0 radical (unpaired) electrons. The summed E-state index contributed by atoms with van der Waals surface area (Å²) in [5.74, 6) is -1.28. The van der Waals surface area contributed by atoms with Crippen molar-refractivity contribution in [3.8, 4) is 0 Å². The van der Waals surface area contributed by atoms with Crippen LogP contribution in [0.1, 0.15) is 27.6 Å². The molecule has 1 aliphatic heterocycles. The Balaban J connectivity index is 1.56. The lowest BCUT2D eigenvalue weighted by Crippen LogP contribution is -2.45. The molecule has 5 heteroatoms. The second-order valence-corrected chi connectivity index (χ2v) is 6.25. The van der Waals surface area contributed by atoms with Crippen molar-refractivity contribution in [3.63, 3.8) is 0 Å². The van der Waals surface area contributed by atoms with Crippen LogP contribution in [0.2, 0.25) is 0 Å². The van der Waals surface area contributed by atoms with Crippen molar-refractivity contribution in [1.29, 1.82) is 0 Å². The number of nitrogens with one attached hydrogen (secondary N) is 1. The summed E-state index contributed by atoms with van der Waals surface area (Å²) >= 11 is 0. The first kappa shape index (κ1) is 16.0. The molecule has 26 heavy (non-hydrogen) atoms. The number of carbonyl (C=O) groups is 3. The maximum atomic E-state index is 12.6. The van der Waals surface area contributed by atoms with Gasteiger partial charge in [-0.15, -0.1) is 0 Å². The highest BCUT2D eigenvalue weighted by Crippen LogP contribution is 2.25. The Hall–Kier alpha value is -3.47. The minimum Gasteiger partial charge on any atom is -0.324 e. The number of amides is 3. The van der Waals surface area contributed by atoms with E-state index in [4.69, 9.17) is 0 Å². The zero-order chi connectivity index (χ0) is 18.3. The van der Waals surface area contributed by atoms with Gasteiger partial charge in [0.1, 0.15) is 6.04 Å². The highest BCUT2D eigenvalue weighted by Gasteiger charge is 2.40. The van der Waals surface area contributed by atoms with E-state index >= 15 is 0 Å². The molecule has 0 aliphatic carbocycles. The SMILES string of the molecule is C[C@H](C(=O)Nc1ccc2ccccc2c1)N1C(=O)c2ccccc2C1=O. The Bertz CT molecular complexity index is 1020. The van der Waals surface area contributed by atoms with Crippen molar-refractivity contribution in [2.75, 3.05) is 5.32 Å². The van der Waals surface area contributed by atoms with Gasteiger partial charge in [0.2, 0.25) is 5.91 Å². The van der Waals surface area contributed by atoms with Crippen molar-refractivity contribution < 1.29 is 14.4 Å². The molecule has 0 unspecified atom stereocenters. The summed E-state index contributed by atoms with van der Waals surface area (Å²) in [5.41, 5.74) is 1.29. The normalized spacial score (nSPS) is 14.4. The molecule has 3 amide bonds. The van der Waals surface area contributed by atoms with E-state index in [1.165, 1.54) is 0 Å². The van der Waals surface area contributed by atoms with E-state index < -0.39 is 23.8 Å². The molecule has 0 fully saturated rings. The number of hydrogen-bond acceptors (Lipinski definition) is 3. The summed E-state index contributed by atoms with van der Waals surface area (Å²) in [5, 5.41) is 4.86. The fraction of sp³-hybridized carbons (Fsp3) is 0.0952. The number of hydrogen-bond donors (Lipinski definition) is 1. The minimum atomic E-state index is -0.908. The first-order valence-corrected chi connectivity index (χ1v) is 8.33. The molecular weight excluding hydrogens is 328 g/mol. The van der Waals surface area contributed by atoms with Crippen LogP contribution in [0.25, 0.3) is 10.8 Å². The predicted molar refractivity (Wildman–Crippen MR) is 99.0 cm³/mol. The van der Waals surface area contributed by atoms with Gasteiger partial charge in [-0.3, -0.25) is 19.3 Å². The number of fused-ring (bicyclic) bond motifs is 2. The van der Waals surface area contributed by atoms with E-state index in [-0.39, 0.29) is 0 Å². The van der Waals surface area contributed by atoms with Crippen LogP contribution in [0.3, 0.4) is 0 Å². The van der Waals surface area contributed by atoms with Crippen molar-refractivity contribution in [2.24, 2.45) is 0 Å². The predicted octanol–water partition coefficient (Wildman–Crippen LogP) is 3.46. The Morgan fingerprint density at radius 1 is 0.846 bits per heavy atom. The number of benzene rings is 3. The fourth-order valence-electron chi connectivity index (χ4n) is 3.19. The Labute approximate surface area is 150 Å². The zero-order valence-electron chi connectivity index (χ0n) is 14.1. The van der Waals surface area contributed by atoms with Crippen LogP contribution in [0.4, 0.5) is 5.69 Å². The Kier molecular flexibility index (Phi) is 3.77. The quantitative estimate of drug-likeness (QED) is 0.740. The summed E-state index contributed by atoms with van der Waals surface area (Å²) in [6.07, 6.45) is 0. The summed E-state index contributed by atoms with van der Waals surface area (Å²) in [6.45, 7) is 1.55. The van der Waals surface area contributed by atoms with Gasteiger partial charge >= 0.3 is 0 Å². The zero-order valence-corrected chi connectivity index (χ0v) is 14.1. The fourth-order valence-corrected chi connectivity index (χ4v) is 3.19. The highest BCUT2D eigenvalue weighted by atomic mass is 16.2. The Morgan fingerprint density at radius 3 is 2.08 bits per heavy atom. The third-order valence-electron chi connectivity index (χ3n) is 4.61. The number of nitrogens with zero attached hydrogens (tertiary/aromatic N) is 1. The van der Waals surface area contributed by atoms with E-state index in [0.29, 0.717) is 16.8 Å². The van der Waals surface area contributed by atoms with Crippen LogP contribution in [0, 0.1) is 0 Å². The molecule has 4 rings (SSSR count). The van der Waals surface area contributed by atoms with Gasteiger partial charge in [-0.2, -0.15) is 0 Å². The van der Waals surface area contributed by atoms with Gasteiger partial charge in [-0.05, 0) is 42.0 Å². The first-order valence-electron chi connectivity index (χ1n) is 8.33. The van der Waals surface area contributed by atoms with Gasteiger partial charge < -0.3 is 5.32 Å². The molecular formula is C21H16N2O3. The van der Waals surface area contributed by atoms with Gasteiger partial charge in [-0.1, -0.05) is 42.5 Å². The Morgan fingerprint density at radius 2 is 1.42 bits per heavy atom. The lowest BCUT2D eigenvalue weighted by molar-refractivity contribution is -0.119. The third kappa shape index (κ3) is 2.54. The molecule has 1 heterocycles. The smallest absolute Gasteiger partial charge is 0.262 e. The van der Waals surface area contributed by atoms with Gasteiger partial charge in [0, 0.05) is 5.69 Å². The van der Waals surface area contributed by atoms with Crippen LogP contribution in [-0.4, -0.2) is 28.7 Å². The van der Waals surface area contributed by atoms with E-state index in [9.17, 15) is 14.4 Å². The van der Waals surface area contributed by atoms with Gasteiger partial charge in [0.15, 0.2) is 0 Å². The highest BCUT2D eigenvalue weighted by molar-refractivity contribution is 6.23. The number of imide groups is 1. The third-order valence-corrected chi connectivity index (χ3v) is 4.61. The molecule has 3 aromatic rings. The first-order chi connectivity index (χ1) is 12.6. The minimum absolute atomic E-state index is 0.336. The molecule has 0 saturated heterocycles. The summed E-state index contributed by atoms with van der Waals surface area (Å²) in [6, 6.07) is 19.1. The molecule has 0 bridgehead atoms. The maximum absolute atomic E-state index is 12.6. The van der Waals surface area contributed by atoms with Gasteiger partial charge in [0.05, 0.1) is 11.1 Å². The lowest BCUT2D eigenvalue weighted by atomic mass is 10.1. The molecule has 0 saturated carbocycles. The van der Waals surface area contributed by atoms with Crippen molar-refractivity contribution >= 4 is 34.2 Å². The van der Waals surface area contributed by atoms with Crippen LogP contribution < -0.4 is 5.32 Å². The van der Waals surface area contributed by atoms with Crippen molar-refractivity contribution in [2.45, 2.75) is 13.0 Å². The molecule has 5 nitrogen and oxygen atoms in total. The molecule has 0 spiro atoms. The monoisotopic (exact) mass is 344 g/mol. The van der Waals surface area contributed by atoms with Crippen LogP contribution in [-0.2, 0) is 4.79 Å². The summed E-state index contributed by atoms with van der Waals surface area (Å²) in [7, 11) is 0.